The van der Waals surface area contributed by atoms with Crippen molar-refractivity contribution in [3.63, 3.8) is 0 Å². The molecule has 0 unspecified atom stereocenters. The number of hydrogen-bond donors (Lipinski definition) is 1. The maximum absolute atomic E-state index is 10.6. The molecule has 0 aliphatic heterocycles. The van der Waals surface area contributed by atoms with Crippen LogP contribution >= 0.6 is 22.9 Å². The highest BCUT2D eigenvalue weighted by molar-refractivity contribution is 7.16. The average molecular weight is 283 g/mol. The largest absolute Gasteiger partial charge is 0.384 e. The Labute approximate surface area is 113 Å². The zero-order valence-electron chi connectivity index (χ0n) is 9.43. The molecule has 0 saturated heterocycles. The molecule has 1 aromatic carbocycles. The number of nitrogens with one attached hydrogen (secondary N) is 1. The van der Waals surface area contributed by atoms with Crippen LogP contribution in [0.15, 0.2) is 36.4 Å². The SMILES string of the molecule is O=[N+]([O-])c1cccc(NCCc2ccc(Cl)s2)c1. The topological polar surface area (TPSA) is 55.2 Å². The molecule has 0 aliphatic carbocycles. The summed E-state index contributed by atoms with van der Waals surface area (Å²) < 4.78 is 0.778. The lowest BCUT2D eigenvalue weighted by atomic mass is 10.2. The van der Waals surface area contributed by atoms with Crippen molar-refractivity contribution in [2.24, 2.45) is 0 Å². The molecule has 0 atom stereocenters. The fraction of sp³-hybridized carbons (Fsp3) is 0.167. The highest BCUT2D eigenvalue weighted by Gasteiger charge is 2.05. The van der Waals surface area contributed by atoms with Crippen molar-refractivity contribution in [3.05, 3.63) is 55.7 Å². The van der Waals surface area contributed by atoms with Gasteiger partial charge < -0.3 is 5.32 Å². The lowest BCUT2D eigenvalue weighted by Gasteiger charge is -2.04. The molecule has 1 aromatic heterocycles. The molecule has 0 fully saturated rings. The molecular weight excluding hydrogens is 272 g/mol. The Kier molecular flexibility index (Phi) is 4.17. The second-order valence-electron chi connectivity index (χ2n) is 3.69. The first-order valence-corrected chi connectivity index (χ1v) is 6.57. The lowest BCUT2D eigenvalue weighted by molar-refractivity contribution is -0.384. The Morgan fingerprint density at radius 1 is 1.33 bits per heavy atom. The fourth-order valence-corrected chi connectivity index (χ4v) is 2.63. The van der Waals surface area contributed by atoms with Crippen molar-refractivity contribution < 1.29 is 4.92 Å². The summed E-state index contributed by atoms with van der Waals surface area (Å²) in [6.45, 7) is 0.720. The molecule has 0 amide bonds. The van der Waals surface area contributed by atoms with E-state index < -0.39 is 4.92 Å². The zero-order chi connectivity index (χ0) is 13.0. The molecule has 1 N–H and O–H groups in total. The standard InChI is InChI=1S/C12H11ClN2O2S/c13-12-5-4-11(18-12)6-7-14-9-2-1-3-10(8-9)15(16)17/h1-5,8,14H,6-7H2. The highest BCUT2D eigenvalue weighted by Crippen LogP contribution is 2.22. The summed E-state index contributed by atoms with van der Waals surface area (Å²) in [6.07, 6.45) is 0.847. The van der Waals surface area contributed by atoms with Crippen LogP contribution in [-0.2, 0) is 6.42 Å². The number of halogens is 1. The van der Waals surface area contributed by atoms with Crippen LogP contribution in [0.3, 0.4) is 0 Å². The molecule has 1 heterocycles. The number of nitrogens with zero attached hydrogens (tertiary/aromatic N) is 1. The van der Waals surface area contributed by atoms with Crippen molar-refractivity contribution >= 4 is 34.3 Å². The second kappa shape index (κ2) is 5.84. The minimum absolute atomic E-state index is 0.0965. The van der Waals surface area contributed by atoms with Gasteiger partial charge in [0, 0.05) is 29.2 Å². The summed E-state index contributed by atoms with van der Waals surface area (Å²) in [7, 11) is 0. The van der Waals surface area contributed by atoms with Crippen molar-refractivity contribution in [1.82, 2.24) is 0 Å². The summed E-state index contributed by atoms with van der Waals surface area (Å²) in [4.78, 5) is 11.4. The third-order valence-corrected chi connectivity index (χ3v) is 3.68. The van der Waals surface area contributed by atoms with Crippen LogP contribution in [-0.4, -0.2) is 11.5 Å². The molecule has 18 heavy (non-hydrogen) atoms. The maximum Gasteiger partial charge on any atom is 0.271 e. The van der Waals surface area contributed by atoms with E-state index in [4.69, 9.17) is 11.6 Å². The molecule has 2 aromatic rings. The zero-order valence-corrected chi connectivity index (χ0v) is 11.0. The van der Waals surface area contributed by atoms with Gasteiger partial charge in [0.15, 0.2) is 0 Å². The van der Waals surface area contributed by atoms with Gasteiger partial charge in [0.1, 0.15) is 0 Å². The van der Waals surface area contributed by atoms with Crippen molar-refractivity contribution in [1.29, 1.82) is 0 Å². The lowest BCUT2D eigenvalue weighted by Crippen LogP contribution is -2.04. The number of nitro benzene ring substituents is 1. The number of rotatable bonds is 5. The minimum Gasteiger partial charge on any atom is -0.384 e. The molecule has 0 aliphatic rings. The Bertz CT molecular complexity index is 557. The van der Waals surface area contributed by atoms with Crippen LogP contribution in [0.2, 0.25) is 4.34 Å². The van der Waals surface area contributed by atoms with Gasteiger partial charge in [-0.3, -0.25) is 10.1 Å². The van der Waals surface area contributed by atoms with Gasteiger partial charge in [-0.2, -0.15) is 0 Å². The molecular formula is C12H11ClN2O2S. The van der Waals surface area contributed by atoms with Gasteiger partial charge in [0.05, 0.1) is 9.26 Å². The van der Waals surface area contributed by atoms with Gasteiger partial charge in [-0.1, -0.05) is 17.7 Å². The summed E-state index contributed by atoms with van der Waals surface area (Å²) in [5, 5.41) is 13.8. The van der Waals surface area contributed by atoms with Crippen LogP contribution in [0.25, 0.3) is 0 Å². The van der Waals surface area contributed by atoms with Gasteiger partial charge in [-0.15, -0.1) is 11.3 Å². The highest BCUT2D eigenvalue weighted by atomic mass is 35.5. The van der Waals surface area contributed by atoms with Crippen LogP contribution in [0.4, 0.5) is 11.4 Å². The number of benzene rings is 1. The molecule has 0 bridgehead atoms. The normalized spacial score (nSPS) is 10.3. The van der Waals surface area contributed by atoms with Crippen molar-refractivity contribution in [3.8, 4) is 0 Å². The van der Waals surface area contributed by atoms with Crippen molar-refractivity contribution in [2.75, 3.05) is 11.9 Å². The van der Waals surface area contributed by atoms with Gasteiger partial charge in [0.2, 0.25) is 0 Å². The molecule has 2 rings (SSSR count). The van der Waals surface area contributed by atoms with E-state index >= 15 is 0 Å². The molecule has 0 saturated carbocycles. The summed E-state index contributed by atoms with van der Waals surface area (Å²) in [5.74, 6) is 0. The first-order valence-electron chi connectivity index (χ1n) is 5.38. The second-order valence-corrected chi connectivity index (χ2v) is 5.49. The third kappa shape index (κ3) is 3.45. The average Bonchev–Trinajstić information content (AvgIpc) is 2.75. The van der Waals surface area contributed by atoms with E-state index in [0.29, 0.717) is 0 Å². The smallest absolute Gasteiger partial charge is 0.271 e. The minimum atomic E-state index is -0.399. The van der Waals surface area contributed by atoms with Gasteiger partial charge >= 0.3 is 0 Å². The van der Waals surface area contributed by atoms with Crippen LogP contribution in [0.1, 0.15) is 4.88 Å². The summed E-state index contributed by atoms with van der Waals surface area (Å²) in [5.41, 5.74) is 0.853. The third-order valence-electron chi connectivity index (χ3n) is 2.39. The quantitative estimate of drug-likeness (QED) is 0.667. The molecule has 94 valence electrons. The van der Waals surface area contributed by atoms with E-state index in [1.807, 2.05) is 18.2 Å². The van der Waals surface area contributed by atoms with E-state index in [1.165, 1.54) is 17.0 Å². The van der Waals surface area contributed by atoms with E-state index in [0.717, 1.165) is 23.0 Å². The van der Waals surface area contributed by atoms with E-state index in [2.05, 4.69) is 5.32 Å². The Morgan fingerprint density at radius 3 is 2.83 bits per heavy atom. The Balaban J connectivity index is 1.90. The monoisotopic (exact) mass is 282 g/mol. The van der Waals surface area contributed by atoms with Gasteiger partial charge in [0.25, 0.3) is 5.69 Å². The first kappa shape index (κ1) is 12.9. The summed E-state index contributed by atoms with van der Waals surface area (Å²) in [6, 6.07) is 10.3. The van der Waals surface area contributed by atoms with Crippen LogP contribution in [0, 0.1) is 10.1 Å². The Morgan fingerprint density at radius 2 is 2.17 bits per heavy atom. The number of hydrogen-bond acceptors (Lipinski definition) is 4. The summed E-state index contributed by atoms with van der Waals surface area (Å²) >= 11 is 7.38. The molecule has 0 spiro atoms. The number of thiophene rings is 1. The van der Waals surface area contributed by atoms with Gasteiger partial charge in [-0.25, -0.2) is 0 Å². The van der Waals surface area contributed by atoms with Crippen LogP contribution < -0.4 is 5.32 Å². The van der Waals surface area contributed by atoms with Crippen molar-refractivity contribution in [2.45, 2.75) is 6.42 Å². The maximum atomic E-state index is 10.6. The predicted molar refractivity (Wildman–Crippen MR) is 74.6 cm³/mol. The fourth-order valence-electron chi connectivity index (χ4n) is 1.55. The number of anilines is 1. The predicted octanol–water partition coefficient (Wildman–Crippen LogP) is 3.96. The number of non-ortho nitro benzene ring substituents is 1. The van der Waals surface area contributed by atoms with E-state index in [1.54, 1.807) is 17.4 Å². The molecule has 0 radical (unpaired) electrons. The van der Waals surface area contributed by atoms with E-state index in [9.17, 15) is 10.1 Å². The van der Waals surface area contributed by atoms with E-state index in [-0.39, 0.29) is 5.69 Å². The van der Waals surface area contributed by atoms with Gasteiger partial charge in [-0.05, 0) is 24.6 Å². The molecule has 4 nitrogen and oxygen atoms in total. The first-order chi connectivity index (χ1) is 8.65. The Hall–Kier alpha value is -1.59. The number of nitro groups is 1. The molecule has 6 heteroatoms. The van der Waals surface area contributed by atoms with Crippen LogP contribution in [0.5, 0.6) is 0 Å².